The fourth-order valence-corrected chi connectivity index (χ4v) is 4.29. The van der Waals surface area contributed by atoms with E-state index in [9.17, 15) is 13.2 Å². The molecule has 9 heteroatoms. The molecule has 0 radical (unpaired) electrons. The maximum absolute atomic E-state index is 10.7. The topological polar surface area (TPSA) is 66.4 Å². The molecule has 156 valence electrons. The minimum absolute atomic E-state index is 0.145. The minimum Gasteiger partial charge on any atom is -0.741 e. The second-order valence-corrected chi connectivity index (χ2v) is 10.1. The first-order valence-electron chi connectivity index (χ1n) is 8.65. The zero-order valence-electron chi connectivity index (χ0n) is 15.8. The summed E-state index contributed by atoms with van der Waals surface area (Å²) in [5.74, 6) is 4.33. The van der Waals surface area contributed by atoms with Gasteiger partial charge >= 0.3 is 5.51 Å². The maximum Gasteiger partial charge on any atom is 0.485 e. The average Bonchev–Trinajstić information content (AvgIpc) is 3.06. The molecule has 3 rings (SSSR count). The zero-order valence-corrected chi connectivity index (χ0v) is 17.5. The summed E-state index contributed by atoms with van der Waals surface area (Å²) in [5, 5.41) is 2.70. The highest BCUT2D eigenvalue weighted by atomic mass is 32.2. The van der Waals surface area contributed by atoms with E-state index in [4.69, 9.17) is 17.7 Å². The molecule has 1 saturated heterocycles. The highest BCUT2D eigenvalue weighted by Gasteiger charge is 2.37. The van der Waals surface area contributed by atoms with E-state index in [1.807, 2.05) is 0 Å². The van der Waals surface area contributed by atoms with Gasteiger partial charge in [-0.05, 0) is 49.4 Å². The monoisotopic (exact) mass is 436 g/mol. The molecule has 1 heterocycles. The van der Waals surface area contributed by atoms with Crippen molar-refractivity contribution in [2.45, 2.75) is 44.2 Å². The largest absolute Gasteiger partial charge is 0.741 e. The van der Waals surface area contributed by atoms with Crippen molar-refractivity contribution in [1.82, 2.24) is 0 Å². The van der Waals surface area contributed by atoms with Crippen molar-refractivity contribution in [3.63, 3.8) is 0 Å². The number of alkyl halides is 3. The van der Waals surface area contributed by atoms with E-state index < -0.39 is 15.6 Å². The minimum atomic E-state index is -6.09. The van der Waals surface area contributed by atoms with Gasteiger partial charge < -0.3 is 9.29 Å². The van der Waals surface area contributed by atoms with Crippen molar-refractivity contribution in [2.75, 3.05) is 11.5 Å². The lowest BCUT2D eigenvalue weighted by Gasteiger charge is -2.25. The van der Waals surface area contributed by atoms with Crippen molar-refractivity contribution in [2.24, 2.45) is 0 Å². The van der Waals surface area contributed by atoms with Gasteiger partial charge in [-0.1, -0.05) is 30.3 Å². The summed E-state index contributed by atoms with van der Waals surface area (Å²) in [6.07, 6.45) is 1.29. The van der Waals surface area contributed by atoms with Crippen LogP contribution in [0.3, 0.4) is 0 Å². The van der Waals surface area contributed by atoms with Gasteiger partial charge in [-0.25, -0.2) is 8.42 Å². The summed E-state index contributed by atoms with van der Waals surface area (Å²) in [7, 11) is -6.09. The summed E-state index contributed by atoms with van der Waals surface area (Å²) in [4.78, 5) is 0. The van der Waals surface area contributed by atoms with Crippen LogP contribution in [0.25, 0.3) is 10.8 Å². The molecule has 2 aromatic rings. The van der Waals surface area contributed by atoms with Gasteiger partial charge in [-0.3, -0.25) is 0 Å². The fourth-order valence-electron chi connectivity index (χ4n) is 2.94. The smallest absolute Gasteiger partial charge is 0.485 e. The molecule has 28 heavy (non-hydrogen) atoms. The Kier molecular flexibility index (Phi) is 6.94. The molecule has 0 amide bonds. The molecule has 0 N–H and O–H groups in total. The number of benzene rings is 2. The molecular weight excluding hydrogens is 413 g/mol. The van der Waals surface area contributed by atoms with Crippen LogP contribution in [0.1, 0.15) is 38.7 Å². The summed E-state index contributed by atoms with van der Waals surface area (Å²) < 4.78 is 65.2. The van der Waals surface area contributed by atoms with Gasteiger partial charge in [0.25, 0.3) is 0 Å². The number of thiol groups is 1. The number of fused-ring (bicyclic) bond motifs is 1. The summed E-state index contributed by atoms with van der Waals surface area (Å²) >= 11 is 1.59. The number of hydrogen-bond donors (Lipinski definition) is 0. The van der Waals surface area contributed by atoms with E-state index in [-0.39, 0.29) is 5.60 Å². The molecule has 1 atom stereocenters. The van der Waals surface area contributed by atoms with Crippen LogP contribution in [0, 0.1) is 0 Å². The summed E-state index contributed by atoms with van der Waals surface area (Å²) in [6, 6.07) is 13.1. The lowest BCUT2D eigenvalue weighted by molar-refractivity contribution is -0.0517. The zero-order chi connectivity index (χ0) is 21.2. The fraction of sp³-hybridized carbons (Fsp3) is 0.474. The third-order valence-electron chi connectivity index (χ3n) is 4.02. The van der Waals surface area contributed by atoms with Crippen molar-refractivity contribution >= 4 is 32.7 Å². The number of hydrogen-bond acceptors (Lipinski definition) is 4. The van der Waals surface area contributed by atoms with E-state index in [0.717, 1.165) is 5.75 Å². The molecule has 0 bridgehead atoms. The molecule has 1 unspecified atom stereocenters. The molecule has 0 saturated carbocycles. The van der Waals surface area contributed by atoms with Gasteiger partial charge in [0.05, 0.1) is 0 Å². The molecule has 4 nitrogen and oxygen atoms in total. The van der Waals surface area contributed by atoms with Crippen LogP contribution in [0.2, 0.25) is 0 Å². The average molecular weight is 437 g/mol. The first-order chi connectivity index (χ1) is 12.8. The maximum atomic E-state index is 10.7. The predicted octanol–water partition coefficient (Wildman–Crippen LogP) is 4.37. The van der Waals surface area contributed by atoms with Gasteiger partial charge in [0.15, 0.2) is 10.1 Å². The lowest BCUT2D eigenvalue weighted by atomic mass is 9.92. The summed E-state index contributed by atoms with van der Waals surface area (Å²) in [6.45, 7) is 6.37. The van der Waals surface area contributed by atoms with Gasteiger partial charge in [0, 0.05) is 17.9 Å². The Morgan fingerprint density at radius 3 is 2.21 bits per heavy atom. The molecule has 0 aliphatic carbocycles. The molecule has 1 aliphatic heterocycles. The molecular formula is C19H23F3O4S2. The van der Waals surface area contributed by atoms with E-state index >= 15 is 0 Å². The molecule has 1 fully saturated rings. The Labute approximate surface area is 167 Å². The van der Waals surface area contributed by atoms with E-state index in [1.165, 1.54) is 34.3 Å². The van der Waals surface area contributed by atoms with Crippen molar-refractivity contribution < 1.29 is 30.9 Å². The predicted molar refractivity (Wildman–Crippen MR) is 106 cm³/mol. The van der Waals surface area contributed by atoms with E-state index in [0.29, 0.717) is 5.92 Å². The van der Waals surface area contributed by atoms with Crippen molar-refractivity contribution in [3.8, 4) is 5.75 Å². The van der Waals surface area contributed by atoms with E-state index in [1.54, 1.807) is 11.8 Å². The molecule has 0 spiro atoms. The molecule has 1 aliphatic rings. The molecule has 2 aromatic carbocycles. The van der Waals surface area contributed by atoms with Crippen molar-refractivity contribution in [3.05, 3.63) is 42.0 Å². The van der Waals surface area contributed by atoms with Gasteiger partial charge in [0.1, 0.15) is 22.9 Å². The quantitative estimate of drug-likeness (QED) is 0.303. The van der Waals surface area contributed by atoms with Crippen LogP contribution in [0.5, 0.6) is 5.75 Å². The Morgan fingerprint density at radius 2 is 1.71 bits per heavy atom. The SMILES string of the molecule is CC(C)(C)Oc1ccc2ccccc2c1C1CC[SH+]C1.O=S(=O)([O-])C(F)(F)F. The standard InChI is InChI=1S/C18H22OS.CHF3O3S/c1-18(2,3)19-16-9-8-13-6-4-5-7-15(13)17(16)14-10-11-20-12-14;2-1(3,4)8(5,6)7/h4-9,14H,10-12H2,1-3H3;(H,5,6,7). The van der Waals surface area contributed by atoms with Crippen LogP contribution in [-0.4, -0.2) is 35.6 Å². The third-order valence-corrected chi connectivity index (χ3v) is 5.86. The Hall–Kier alpha value is -1.45. The Balaban J connectivity index is 0.000000300. The highest BCUT2D eigenvalue weighted by molar-refractivity contribution is 7.86. The van der Waals surface area contributed by atoms with Gasteiger partial charge in [-0.2, -0.15) is 13.2 Å². The van der Waals surface area contributed by atoms with Crippen LogP contribution in [0.15, 0.2) is 36.4 Å². The lowest BCUT2D eigenvalue weighted by Crippen LogP contribution is -2.24. The normalized spacial score (nSPS) is 17.9. The van der Waals surface area contributed by atoms with Crippen LogP contribution in [-0.2, 0) is 21.9 Å². The van der Waals surface area contributed by atoms with Crippen LogP contribution < -0.4 is 4.74 Å². The second-order valence-electron chi connectivity index (χ2n) is 7.43. The van der Waals surface area contributed by atoms with E-state index in [2.05, 4.69) is 57.2 Å². The number of rotatable bonds is 2. The number of ether oxygens (including phenoxy) is 1. The van der Waals surface area contributed by atoms with Crippen molar-refractivity contribution in [1.29, 1.82) is 0 Å². The number of halogens is 3. The first-order valence-corrected chi connectivity index (χ1v) is 11.3. The van der Waals surface area contributed by atoms with Gasteiger partial charge in [0.2, 0.25) is 0 Å². The van der Waals surface area contributed by atoms with Gasteiger partial charge in [-0.15, -0.1) is 0 Å². The Morgan fingerprint density at radius 1 is 1.11 bits per heavy atom. The Bertz CT molecular complexity index is 913. The summed E-state index contributed by atoms with van der Waals surface area (Å²) in [5.41, 5.74) is -4.36. The second kappa shape index (κ2) is 8.51. The highest BCUT2D eigenvalue weighted by Crippen LogP contribution is 2.39. The van der Waals surface area contributed by atoms with Crippen LogP contribution in [0.4, 0.5) is 13.2 Å². The van der Waals surface area contributed by atoms with Crippen LogP contribution >= 0.6 is 0 Å². The first kappa shape index (κ1) is 22.8. The third kappa shape index (κ3) is 6.02. The molecule has 0 aromatic heterocycles.